The number of rotatable bonds is 3. The topological polar surface area (TPSA) is 37.8 Å². The molecule has 0 unspecified atom stereocenters. The second-order valence-corrected chi connectivity index (χ2v) is 6.29. The molecule has 0 spiro atoms. The zero-order chi connectivity index (χ0) is 17.2. The van der Waals surface area contributed by atoms with Crippen LogP contribution in [0.1, 0.15) is 5.56 Å². The van der Waals surface area contributed by atoms with Gasteiger partial charge in [-0.2, -0.15) is 0 Å². The van der Waals surface area contributed by atoms with Crippen molar-refractivity contribution >= 4 is 34.0 Å². The monoisotopic (exact) mass is 345 g/mol. The van der Waals surface area contributed by atoms with Gasteiger partial charge in [-0.15, -0.1) is 0 Å². The molecular weight excluding hydrogens is 330 g/mol. The summed E-state index contributed by atoms with van der Waals surface area (Å²) in [6.45, 7) is 2.06. The predicted octanol–water partition coefficient (Wildman–Crippen LogP) is 6.00. The number of nitrogens with one attached hydrogen (secondary N) is 1. The molecule has 0 aliphatic heterocycles. The Labute approximate surface area is 151 Å². The molecule has 122 valence electrons. The zero-order valence-corrected chi connectivity index (χ0v) is 14.5. The first-order chi connectivity index (χ1) is 12.2. The molecule has 1 aromatic heterocycles. The van der Waals surface area contributed by atoms with E-state index in [1.165, 1.54) is 5.56 Å². The summed E-state index contributed by atoms with van der Waals surface area (Å²) in [6, 6.07) is 23.8. The molecule has 3 nitrogen and oxygen atoms in total. The Bertz CT molecular complexity index is 1060. The molecule has 1 N–H and O–H groups in total. The van der Waals surface area contributed by atoms with E-state index in [1.807, 2.05) is 60.7 Å². The number of anilines is 2. The van der Waals surface area contributed by atoms with Crippen molar-refractivity contribution in [3.05, 3.63) is 83.4 Å². The van der Waals surface area contributed by atoms with Gasteiger partial charge in [-0.1, -0.05) is 59.6 Å². The summed E-state index contributed by atoms with van der Waals surface area (Å²) >= 11 is 6.30. The van der Waals surface area contributed by atoms with Crippen LogP contribution in [0.15, 0.2) is 72.8 Å². The highest BCUT2D eigenvalue weighted by Crippen LogP contribution is 2.30. The molecule has 0 amide bonds. The molecule has 0 aliphatic carbocycles. The van der Waals surface area contributed by atoms with E-state index >= 15 is 0 Å². The van der Waals surface area contributed by atoms with E-state index in [1.54, 1.807) is 0 Å². The van der Waals surface area contributed by atoms with Crippen LogP contribution < -0.4 is 5.32 Å². The fraction of sp³-hybridized carbons (Fsp3) is 0.0476. The molecule has 0 atom stereocenters. The van der Waals surface area contributed by atoms with Gasteiger partial charge in [0.25, 0.3) is 0 Å². The molecule has 0 saturated heterocycles. The molecule has 4 heteroatoms. The number of hydrogen-bond acceptors (Lipinski definition) is 3. The van der Waals surface area contributed by atoms with Crippen molar-refractivity contribution in [3.8, 4) is 11.4 Å². The van der Waals surface area contributed by atoms with E-state index in [0.29, 0.717) is 10.8 Å². The largest absolute Gasteiger partial charge is 0.338 e. The molecule has 4 aromatic rings. The van der Waals surface area contributed by atoms with Crippen LogP contribution in [0.2, 0.25) is 5.02 Å². The Morgan fingerprint density at radius 3 is 2.48 bits per heavy atom. The van der Waals surface area contributed by atoms with Gasteiger partial charge < -0.3 is 5.32 Å². The van der Waals surface area contributed by atoms with Gasteiger partial charge in [-0.05, 0) is 37.3 Å². The van der Waals surface area contributed by atoms with E-state index in [4.69, 9.17) is 21.6 Å². The molecule has 1 heterocycles. The molecule has 0 aliphatic rings. The van der Waals surface area contributed by atoms with Crippen LogP contribution in [-0.2, 0) is 0 Å². The highest BCUT2D eigenvalue weighted by atomic mass is 35.5. The van der Waals surface area contributed by atoms with E-state index in [2.05, 4.69) is 24.4 Å². The average molecular weight is 346 g/mol. The number of fused-ring (bicyclic) bond motifs is 1. The summed E-state index contributed by atoms with van der Waals surface area (Å²) in [4.78, 5) is 9.49. The van der Waals surface area contributed by atoms with Crippen LogP contribution in [0.3, 0.4) is 0 Å². The lowest BCUT2D eigenvalue weighted by atomic mass is 10.1. The van der Waals surface area contributed by atoms with Gasteiger partial charge in [0.2, 0.25) is 0 Å². The van der Waals surface area contributed by atoms with Crippen LogP contribution >= 0.6 is 11.6 Å². The van der Waals surface area contributed by atoms with Gasteiger partial charge in [0.05, 0.1) is 16.2 Å². The molecule has 0 bridgehead atoms. The summed E-state index contributed by atoms with van der Waals surface area (Å²) < 4.78 is 0. The fourth-order valence-corrected chi connectivity index (χ4v) is 2.96. The summed E-state index contributed by atoms with van der Waals surface area (Å²) in [5.74, 6) is 1.44. The Balaban J connectivity index is 1.89. The molecule has 25 heavy (non-hydrogen) atoms. The number of aromatic nitrogens is 2. The first kappa shape index (κ1) is 15.6. The van der Waals surface area contributed by atoms with Gasteiger partial charge >= 0.3 is 0 Å². The van der Waals surface area contributed by atoms with Gasteiger partial charge in [0, 0.05) is 10.9 Å². The first-order valence-corrected chi connectivity index (χ1v) is 8.44. The molecule has 4 rings (SSSR count). The summed E-state index contributed by atoms with van der Waals surface area (Å²) in [7, 11) is 0. The lowest BCUT2D eigenvalue weighted by Crippen LogP contribution is -1.99. The quantitative estimate of drug-likeness (QED) is 0.494. The van der Waals surface area contributed by atoms with Gasteiger partial charge in [-0.25, -0.2) is 9.97 Å². The minimum absolute atomic E-state index is 0.655. The van der Waals surface area contributed by atoms with Crippen molar-refractivity contribution in [3.63, 3.8) is 0 Å². The SMILES string of the molecule is Cc1cccc(-c2nc(Nc3ccccc3Cl)c3ccccc3n2)c1. The van der Waals surface area contributed by atoms with Crippen molar-refractivity contribution in [2.24, 2.45) is 0 Å². The summed E-state index contributed by atoms with van der Waals surface area (Å²) in [5, 5.41) is 4.97. The second-order valence-electron chi connectivity index (χ2n) is 5.89. The summed E-state index contributed by atoms with van der Waals surface area (Å²) in [5.41, 5.74) is 3.88. The van der Waals surface area contributed by atoms with E-state index < -0.39 is 0 Å². The van der Waals surface area contributed by atoms with E-state index in [0.717, 1.165) is 28.0 Å². The molecule has 0 radical (unpaired) electrons. The van der Waals surface area contributed by atoms with Crippen LogP contribution in [0.4, 0.5) is 11.5 Å². The number of hydrogen-bond donors (Lipinski definition) is 1. The third kappa shape index (κ3) is 3.19. The van der Waals surface area contributed by atoms with Crippen molar-refractivity contribution in [1.82, 2.24) is 9.97 Å². The van der Waals surface area contributed by atoms with Crippen molar-refractivity contribution < 1.29 is 0 Å². The fourth-order valence-electron chi connectivity index (χ4n) is 2.78. The highest BCUT2D eigenvalue weighted by Gasteiger charge is 2.10. The number of para-hydroxylation sites is 2. The Morgan fingerprint density at radius 1 is 0.840 bits per heavy atom. The molecule has 0 saturated carbocycles. The third-order valence-corrected chi connectivity index (χ3v) is 4.34. The minimum Gasteiger partial charge on any atom is -0.338 e. The van der Waals surface area contributed by atoms with E-state index in [-0.39, 0.29) is 0 Å². The van der Waals surface area contributed by atoms with Gasteiger partial charge in [0.1, 0.15) is 5.82 Å². The molecular formula is C21H16ClN3. The maximum Gasteiger partial charge on any atom is 0.162 e. The van der Waals surface area contributed by atoms with Crippen LogP contribution in [0, 0.1) is 6.92 Å². The standard InChI is InChI=1S/C21H16ClN3/c1-14-7-6-8-15(13-14)20-23-18-11-4-2-9-16(18)21(25-20)24-19-12-5-3-10-17(19)22/h2-13H,1H3,(H,23,24,25). The van der Waals surface area contributed by atoms with Gasteiger partial charge in [-0.3, -0.25) is 0 Å². The molecule has 0 fully saturated rings. The van der Waals surface area contributed by atoms with Crippen LogP contribution in [0.5, 0.6) is 0 Å². The highest BCUT2D eigenvalue weighted by molar-refractivity contribution is 6.33. The lowest BCUT2D eigenvalue weighted by Gasteiger charge is -2.12. The minimum atomic E-state index is 0.655. The Hall–Kier alpha value is -2.91. The third-order valence-electron chi connectivity index (χ3n) is 4.01. The van der Waals surface area contributed by atoms with Gasteiger partial charge in [0.15, 0.2) is 5.82 Å². The van der Waals surface area contributed by atoms with Crippen LogP contribution in [-0.4, -0.2) is 9.97 Å². The normalized spacial score (nSPS) is 10.8. The summed E-state index contributed by atoms with van der Waals surface area (Å²) in [6.07, 6.45) is 0. The van der Waals surface area contributed by atoms with Crippen molar-refractivity contribution in [2.45, 2.75) is 6.92 Å². The molecule has 3 aromatic carbocycles. The zero-order valence-electron chi connectivity index (χ0n) is 13.7. The second kappa shape index (κ2) is 6.54. The number of aryl methyl sites for hydroxylation is 1. The predicted molar refractivity (Wildman–Crippen MR) is 104 cm³/mol. The Morgan fingerprint density at radius 2 is 1.64 bits per heavy atom. The Kier molecular flexibility index (Phi) is 4.08. The first-order valence-electron chi connectivity index (χ1n) is 8.06. The number of halogens is 1. The smallest absolute Gasteiger partial charge is 0.162 e. The lowest BCUT2D eigenvalue weighted by molar-refractivity contribution is 1.22. The maximum atomic E-state index is 6.30. The van der Waals surface area contributed by atoms with Crippen molar-refractivity contribution in [2.75, 3.05) is 5.32 Å². The van der Waals surface area contributed by atoms with E-state index in [9.17, 15) is 0 Å². The maximum absolute atomic E-state index is 6.30. The van der Waals surface area contributed by atoms with Crippen molar-refractivity contribution in [1.29, 1.82) is 0 Å². The average Bonchev–Trinajstić information content (AvgIpc) is 2.63. The number of nitrogens with zero attached hydrogens (tertiary/aromatic N) is 2. The van der Waals surface area contributed by atoms with Crippen LogP contribution in [0.25, 0.3) is 22.3 Å². The number of benzene rings is 3.